The third-order valence-electron chi connectivity index (χ3n) is 3.70. The molecule has 110 valence electrons. The standard InChI is InChI=1S/C17H20N2O2/c1-4-14-9-7-8-12(2)17(14)18-13(3)15-10-5-6-11-16(15)19(20)21/h5-11,13,18H,4H2,1-3H3. The smallest absolute Gasteiger partial charge is 0.274 e. The maximum absolute atomic E-state index is 11.1. The molecule has 0 saturated heterocycles. The average Bonchev–Trinajstić information content (AvgIpc) is 2.49. The molecule has 0 aliphatic heterocycles. The summed E-state index contributed by atoms with van der Waals surface area (Å²) in [6.07, 6.45) is 0.924. The number of benzene rings is 2. The minimum atomic E-state index is -0.327. The van der Waals surface area contributed by atoms with Crippen LogP contribution < -0.4 is 5.32 Å². The van der Waals surface area contributed by atoms with Gasteiger partial charge in [0, 0.05) is 11.8 Å². The second-order valence-corrected chi connectivity index (χ2v) is 5.14. The van der Waals surface area contributed by atoms with Gasteiger partial charge in [-0.2, -0.15) is 0 Å². The van der Waals surface area contributed by atoms with Gasteiger partial charge in [-0.05, 0) is 31.4 Å². The zero-order valence-corrected chi connectivity index (χ0v) is 12.6. The Hall–Kier alpha value is -2.36. The number of nitrogens with zero attached hydrogens (tertiary/aromatic N) is 1. The molecule has 0 radical (unpaired) electrons. The van der Waals surface area contributed by atoms with E-state index in [1.807, 2.05) is 32.0 Å². The molecule has 4 nitrogen and oxygen atoms in total. The number of nitro benzene ring substituents is 1. The van der Waals surface area contributed by atoms with Crippen LogP contribution in [0.25, 0.3) is 0 Å². The molecule has 0 heterocycles. The minimum absolute atomic E-state index is 0.127. The van der Waals surface area contributed by atoms with Gasteiger partial charge in [0.05, 0.1) is 16.5 Å². The Labute approximate surface area is 125 Å². The van der Waals surface area contributed by atoms with Crippen molar-refractivity contribution in [1.29, 1.82) is 0 Å². The minimum Gasteiger partial charge on any atom is -0.378 e. The topological polar surface area (TPSA) is 55.2 Å². The molecule has 0 aliphatic carbocycles. The average molecular weight is 284 g/mol. The molecule has 0 amide bonds. The lowest BCUT2D eigenvalue weighted by Crippen LogP contribution is -2.11. The molecular weight excluding hydrogens is 264 g/mol. The molecule has 4 heteroatoms. The van der Waals surface area contributed by atoms with E-state index in [2.05, 4.69) is 18.3 Å². The fraction of sp³-hybridized carbons (Fsp3) is 0.294. The summed E-state index contributed by atoms with van der Waals surface area (Å²) in [7, 11) is 0. The van der Waals surface area contributed by atoms with Crippen LogP contribution in [0.1, 0.15) is 36.6 Å². The highest BCUT2D eigenvalue weighted by molar-refractivity contribution is 5.59. The van der Waals surface area contributed by atoms with Crippen molar-refractivity contribution in [2.24, 2.45) is 0 Å². The maximum Gasteiger partial charge on any atom is 0.274 e. The van der Waals surface area contributed by atoms with E-state index in [1.54, 1.807) is 18.2 Å². The van der Waals surface area contributed by atoms with E-state index in [0.29, 0.717) is 5.56 Å². The Balaban J connectivity index is 2.35. The molecule has 0 spiro atoms. The molecule has 0 aromatic heterocycles. The van der Waals surface area contributed by atoms with Crippen LogP contribution in [-0.4, -0.2) is 4.92 Å². The fourth-order valence-electron chi connectivity index (χ4n) is 2.54. The normalized spacial score (nSPS) is 12.0. The second kappa shape index (κ2) is 6.39. The third kappa shape index (κ3) is 3.21. The summed E-state index contributed by atoms with van der Waals surface area (Å²) in [5.41, 5.74) is 4.31. The van der Waals surface area contributed by atoms with Gasteiger partial charge in [-0.15, -0.1) is 0 Å². The number of aryl methyl sites for hydroxylation is 2. The van der Waals surface area contributed by atoms with E-state index in [4.69, 9.17) is 0 Å². The van der Waals surface area contributed by atoms with Crippen molar-refractivity contribution in [3.63, 3.8) is 0 Å². The van der Waals surface area contributed by atoms with Crippen molar-refractivity contribution in [3.05, 3.63) is 69.3 Å². The Kier molecular flexibility index (Phi) is 4.58. The number of hydrogen-bond donors (Lipinski definition) is 1. The van der Waals surface area contributed by atoms with Crippen molar-refractivity contribution in [2.45, 2.75) is 33.2 Å². The summed E-state index contributed by atoms with van der Waals surface area (Å²) < 4.78 is 0. The third-order valence-corrected chi connectivity index (χ3v) is 3.70. The van der Waals surface area contributed by atoms with E-state index >= 15 is 0 Å². The van der Waals surface area contributed by atoms with Gasteiger partial charge in [0.1, 0.15) is 0 Å². The van der Waals surface area contributed by atoms with Crippen molar-refractivity contribution in [2.75, 3.05) is 5.32 Å². The van der Waals surface area contributed by atoms with E-state index in [1.165, 1.54) is 5.56 Å². The summed E-state index contributed by atoms with van der Waals surface area (Å²) in [4.78, 5) is 10.8. The first-order valence-corrected chi connectivity index (χ1v) is 7.13. The molecule has 0 bridgehead atoms. The summed E-state index contributed by atoms with van der Waals surface area (Å²) >= 11 is 0. The molecule has 1 N–H and O–H groups in total. The molecule has 0 fully saturated rings. The number of rotatable bonds is 5. The van der Waals surface area contributed by atoms with Crippen molar-refractivity contribution in [3.8, 4) is 0 Å². The zero-order chi connectivity index (χ0) is 15.4. The first-order valence-electron chi connectivity index (χ1n) is 7.13. The highest BCUT2D eigenvalue weighted by Crippen LogP contribution is 2.30. The lowest BCUT2D eigenvalue weighted by molar-refractivity contribution is -0.385. The van der Waals surface area contributed by atoms with Gasteiger partial charge in [0.2, 0.25) is 0 Å². The van der Waals surface area contributed by atoms with Crippen molar-refractivity contribution >= 4 is 11.4 Å². The summed E-state index contributed by atoms with van der Waals surface area (Å²) in [5.74, 6) is 0. The summed E-state index contributed by atoms with van der Waals surface area (Å²) in [6, 6.07) is 12.9. The molecule has 0 saturated carbocycles. The zero-order valence-electron chi connectivity index (χ0n) is 12.6. The van der Waals surface area contributed by atoms with Gasteiger partial charge in [-0.1, -0.05) is 43.3 Å². The lowest BCUT2D eigenvalue weighted by Gasteiger charge is -2.20. The van der Waals surface area contributed by atoms with Gasteiger partial charge in [0.25, 0.3) is 5.69 Å². The fourth-order valence-corrected chi connectivity index (χ4v) is 2.54. The van der Waals surface area contributed by atoms with E-state index in [0.717, 1.165) is 17.7 Å². The molecule has 2 aromatic rings. The molecule has 0 aliphatic rings. The summed E-state index contributed by atoms with van der Waals surface area (Å²) in [6.45, 7) is 6.11. The molecule has 21 heavy (non-hydrogen) atoms. The van der Waals surface area contributed by atoms with Crippen LogP contribution in [0.4, 0.5) is 11.4 Å². The van der Waals surface area contributed by atoms with E-state index in [-0.39, 0.29) is 16.7 Å². The van der Waals surface area contributed by atoms with Crippen LogP contribution >= 0.6 is 0 Å². The Morgan fingerprint density at radius 2 is 1.90 bits per heavy atom. The Morgan fingerprint density at radius 1 is 1.19 bits per heavy atom. The quantitative estimate of drug-likeness (QED) is 0.643. The van der Waals surface area contributed by atoms with Crippen molar-refractivity contribution in [1.82, 2.24) is 0 Å². The molecular formula is C17H20N2O2. The Morgan fingerprint density at radius 3 is 2.57 bits per heavy atom. The van der Waals surface area contributed by atoms with Crippen LogP contribution in [-0.2, 0) is 6.42 Å². The predicted molar refractivity (Wildman–Crippen MR) is 85.7 cm³/mol. The van der Waals surface area contributed by atoms with Crippen molar-refractivity contribution < 1.29 is 4.92 Å². The SMILES string of the molecule is CCc1cccc(C)c1NC(C)c1ccccc1[N+](=O)[O-]. The number of hydrogen-bond acceptors (Lipinski definition) is 3. The molecule has 1 unspecified atom stereocenters. The van der Waals surface area contributed by atoms with E-state index in [9.17, 15) is 10.1 Å². The van der Waals surface area contributed by atoms with E-state index < -0.39 is 0 Å². The largest absolute Gasteiger partial charge is 0.378 e. The second-order valence-electron chi connectivity index (χ2n) is 5.14. The van der Waals surface area contributed by atoms with Gasteiger partial charge in [0.15, 0.2) is 0 Å². The van der Waals surface area contributed by atoms with Crippen LogP contribution in [0.2, 0.25) is 0 Å². The molecule has 2 aromatic carbocycles. The maximum atomic E-state index is 11.1. The van der Waals surface area contributed by atoms with Crippen LogP contribution in [0.15, 0.2) is 42.5 Å². The van der Waals surface area contributed by atoms with Crippen LogP contribution in [0.3, 0.4) is 0 Å². The van der Waals surface area contributed by atoms with Crippen LogP contribution in [0.5, 0.6) is 0 Å². The predicted octanol–water partition coefficient (Wildman–Crippen LogP) is 4.64. The molecule has 1 atom stereocenters. The first kappa shape index (κ1) is 15.0. The highest BCUT2D eigenvalue weighted by atomic mass is 16.6. The number of nitrogens with one attached hydrogen (secondary N) is 1. The molecule has 2 rings (SSSR count). The number of para-hydroxylation sites is 2. The van der Waals surface area contributed by atoms with Gasteiger partial charge < -0.3 is 5.32 Å². The number of nitro groups is 1. The van der Waals surface area contributed by atoms with Crippen LogP contribution in [0, 0.1) is 17.0 Å². The monoisotopic (exact) mass is 284 g/mol. The summed E-state index contributed by atoms with van der Waals surface area (Å²) in [5, 5.41) is 14.6. The first-order chi connectivity index (χ1) is 10.0. The number of anilines is 1. The highest BCUT2D eigenvalue weighted by Gasteiger charge is 2.19. The van der Waals surface area contributed by atoms with Gasteiger partial charge in [-0.25, -0.2) is 0 Å². The van der Waals surface area contributed by atoms with Gasteiger partial charge >= 0.3 is 0 Å². The Bertz CT molecular complexity index is 653. The van der Waals surface area contributed by atoms with Gasteiger partial charge in [-0.3, -0.25) is 10.1 Å². The lowest BCUT2D eigenvalue weighted by atomic mass is 10.0.